The van der Waals surface area contributed by atoms with Crippen molar-refractivity contribution < 1.29 is 18.8 Å². The van der Waals surface area contributed by atoms with Crippen molar-refractivity contribution in [3.8, 4) is 0 Å². The third-order valence-electron chi connectivity index (χ3n) is 5.05. The van der Waals surface area contributed by atoms with Crippen molar-refractivity contribution in [1.29, 1.82) is 0 Å². The highest BCUT2D eigenvalue weighted by molar-refractivity contribution is 5.92. The predicted octanol–water partition coefficient (Wildman–Crippen LogP) is 2.21. The minimum absolute atomic E-state index is 0.164. The molecular weight excluding hydrogens is 401 g/mol. The Hall–Kier alpha value is -3.49. The number of amides is 4. The fraction of sp³-hybridized carbons (Fsp3) is 0.364. The van der Waals surface area contributed by atoms with E-state index >= 15 is 0 Å². The summed E-state index contributed by atoms with van der Waals surface area (Å²) in [5.74, 6) is -0.591. The molecule has 1 saturated heterocycles. The van der Waals surface area contributed by atoms with Gasteiger partial charge < -0.3 is 20.9 Å². The lowest BCUT2D eigenvalue weighted by atomic mass is 9.97. The van der Waals surface area contributed by atoms with Gasteiger partial charge in [0.15, 0.2) is 0 Å². The van der Waals surface area contributed by atoms with Crippen LogP contribution in [0.3, 0.4) is 0 Å². The molecular formula is C22H26FN5O3. The van der Waals surface area contributed by atoms with Crippen molar-refractivity contribution >= 4 is 23.7 Å². The molecule has 0 spiro atoms. The molecule has 0 aliphatic carbocycles. The summed E-state index contributed by atoms with van der Waals surface area (Å²) in [7, 11) is 0. The monoisotopic (exact) mass is 427 g/mol. The van der Waals surface area contributed by atoms with Gasteiger partial charge in [-0.15, -0.1) is 0 Å². The number of piperidine rings is 1. The number of hydrogen-bond acceptors (Lipinski definition) is 4. The van der Waals surface area contributed by atoms with E-state index in [2.05, 4.69) is 20.9 Å². The van der Waals surface area contributed by atoms with Crippen LogP contribution in [0.25, 0.3) is 0 Å². The summed E-state index contributed by atoms with van der Waals surface area (Å²) in [6.45, 7) is 2.75. The number of nitrogens with one attached hydrogen (secondary N) is 3. The molecule has 1 aromatic carbocycles. The van der Waals surface area contributed by atoms with E-state index in [1.807, 2.05) is 19.1 Å². The summed E-state index contributed by atoms with van der Waals surface area (Å²) in [5.41, 5.74) is 1.55. The first-order chi connectivity index (χ1) is 14.9. The average Bonchev–Trinajstić information content (AvgIpc) is 2.77. The second-order valence-corrected chi connectivity index (χ2v) is 7.50. The quantitative estimate of drug-likeness (QED) is 0.658. The molecule has 4 amide bonds. The Kier molecular flexibility index (Phi) is 7.53. The first kappa shape index (κ1) is 22.2. The van der Waals surface area contributed by atoms with Gasteiger partial charge in [-0.05, 0) is 49.6 Å². The molecule has 1 unspecified atom stereocenters. The fourth-order valence-electron chi connectivity index (χ4n) is 3.37. The zero-order valence-corrected chi connectivity index (χ0v) is 17.4. The van der Waals surface area contributed by atoms with Crippen LogP contribution >= 0.6 is 0 Å². The molecule has 9 heteroatoms. The Morgan fingerprint density at radius 1 is 1.13 bits per heavy atom. The van der Waals surface area contributed by atoms with Gasteiger partial charge in [-0.3, -0.25) is 9.59 Å². The van der Waals surface area contributed by atoms with Crippen molar-refractivity contribution in [2.75, 3.05) is 25.0 Å². The van der Waals surface area contributed by atoms with E-state index in [0.29, 0.717) is 31.7 Å². The maximum absolute atomic E-state index is 12.9. The molecule has 2 aromatic rings. The number of urea groups is 1. The summed E-state index contributed by atoms with van der Waals surface area (Å²) < 4.78 is 12.9. The number of pyridine rings is 1. The van der Waals surface area contributed by atoms with Crippen LogP contribution in [0.2, 0.25) is 0 Å². The van der Waals surface area contributed by atoms with Gasteiger partial charge >= 0.3 is 6.03 Å². The highest BCUT2D eigenvalue weighted by atomic mass is 19.1. The van der Waals surface area contributed by atoms with E-state index in [9.17, 15) is 18.8 Å². The maximum atomic E-state index is 12.9. The molecule has 1 aromatic heterocycles. The van der Waals surface area contributed by atoms with Crippen LogP contribution < -0.4 is 16.0 Å². The molecule has 8 nitrogen and oxygen atoms in total. The summed E-state index contributed by atoms with van der Waals surface area (Å²) in [5, 5.41) is 7.95. The minimum Gasteiger partial charge on any atom is -0.340 e. The van der Waals surface area contributed by atoms with Crippen molar-refractivity contribution in [1.82, 2.24) is 20.5 Å². The third-order valence-corrected chi connectivity index (χ3v) is 5.05. The van der Waals surface area contributed by atoms with Crippen LogP contribution in [-0.4, -0.2) is 47.4 Å². The second-order valence-electron chi connectivity index (χ2n) is 7.50. The topological polar surface area (TPSA) is 103 Å². The number of rotatable bonds is 6. The molecule has 1 fully saturated rings. The lowest BCUT2D eigenvalue weighted by Gasteiger charge is -2.32. The lowest BCUT2D eigenvalue weighted by molar-refractivity contribution is -0.133. The zero-order valence-electron chi connectivity index (χ0n) is 17.4. The van der Waals surface area contributed by atoms with Gasteiger partial charge in [0.1, 0.15) is 11.6 Å². The Labute approximate surface area is 180 Å². The molecule has 0 radical (unpaired) electrons. The van der Waals surface area contributed by atoms with E-state index in [4.69, 9.17) is 0 Å². The molecule has 1 atom stereocenters. The van der Waals surface area contributed by atoms with Crippen LogP contribution in [0.15, 0.2) is 42.5 Å². The molecule has 31 heavy (non-hydrogen) atoms. The lowest BCUT2D eigenvalue weighted by Crippen LogP contribution is -2.48. The van der Waals surface area contributed by atoms with Gasteiger partial charge in [-0.2, -0.15) is 0 Å². The maximum Gasteiger partial charge on any atom is 0.315 e. The molecule has 164 valence electrons. The van der Waals surface area contributed by atoms with Crippen molar-refractivity contribution in [3.05, 3.63) is 59.5 Å². The van der Waals surface area contributed by atoms with Crippen LogP contribution in [-0.2, 0) is 16.1 Å². The number of halogens is 1. The van der Waals surface area contributed by atoms with Gasteiger partial charge in [-0.1, -0.05) is 18.2 Å². The standard InChI is InChI=1S/C22H26FN5O3/c1-15-4-2-6-19(26-15)27-21(30)17-5-3-11-28(14-17)20(29)13-25-22(31)24-12-16-7-9-18(23)10-8-16/h2,4,6-10,17H,3,5,11-14H2,1H3,(H2,24,25,31)(H,26,27,30). The molecule has 3 N–H and O–H groups in total. The SMILES string of the molecule is Cc1cccc(NC(=O)C2CCCN(C(=O)CNC(=O)NCc3ccc(F)cc3)C2)n1. The van der Waals surface area contributed by atoms with Crippen molar-refractivity contribution in [2.24, 2.45) is 5.92 Å². The van der Waals surface area contributed by atoms with Crippen LogP contribution in [0.5, 0.6) is 0 Å². The van der Waals surface area contributed by atoms with Crippen molar-refractivity contribution in [3.63, 3.8) is 0 Å². The number of nitrogens with zero attached hydrogens (tertiary/aromatic N) is 2. The smallest absolute Gasteiger partial charge is 0.315 e. The molecule has 1 aliphatic rings. The fourth-order valence-corrected chi connectivity index (χ4v) is 3.37. The van der Waals surface area contributed by atoms with Crippen molar-refractivity contribution in [2.45, 2.75) is 26.3 Å². The van der Waals surface area contributed by atoms with Gasteiger partial charge in [0, 0.05) is 25.3 Å². The molecule has 1 aliphatic heterocycles. The van der Waals surface area contributed by atoms with E-state index in [0.717, 1.165) is 11.3 Å². The summed E-state index contributed by atoms with van der Waals surface area (Å²) >= 11 is 0. The van der Waals surface area contributed by atoms with Gasteiger partial charge in [0.05, 0.1) is 12.5 Å². The Bertz CT molecular complexity index is 935. The normalized spacial score (nSPS) is 15.8. The average molecular weight is 427 g/mol. The summed E-state index contributed by atoms with van der Waals surface area (Å²) in [4.78, 5) is 42.8. The Morgan fingerprint density at radius 3 is 2.65 bits per heavy atom. The molecule has 3 rings (SSSR count). The van der Waals surface area contributed by atoms with Gasteiger partial charge in [0.25, 0.3) is 0 Å². The Morgan fingerprint density at radius 2 is 1.90 bits per heavy atom. The largest absolute Gasteiger partial charge is 0.340 e. The predicted molar refractivity (Wildman–Crippen MR) is 114 cm³/mol. The van der Waals surface area contributed by atoms with Crippen LogP contribution in [0, 0.1) is 18.7 Å². The Balaban J connectivity index is 1.42. The van der Waals surface area contributed by atoms with Crippen LogP contribution in [0.1, 0.15) is 24.1 Å². The second kappa shape index (κ2) is 10.5. The van der Waals surface area contributed by atoms with E-state index in [-0.39, 0.29) is 36.6 Å². The van der Waals surface area contributed by atoms with E-state index < -0.39 is 6.03 Å². The van der Waals surface area contributed by atoms with Gasteiger partial charge in [0.2, 0.25) is 11.8 Å². The number of hydrogen-bond donors (Lipinski definition) is 3. The molecule has 2 heterocycles. The first-order valence-electron chi connectivity index (χ1n) is 10.2. The van der Waals surface area contributed by atoms with E-state index in [1.54, 1.807) is 23.1 Å². The number of carbonyl (C=O) groups is 3. The summed E-state index contributed by atoms with van der Waals surface area (Å²) in [6.07, 6.45) is 1.40. The number of aromatic nitrogens is 1. The number of anilines is 1. The highest BCUT2D eigenvalue weighted by Crippen LogP contribution is 2.18. The molecule has 0 bridgehead atoms. The number of benzene rings is 1. The minimum atomic E-state index is -0.491. The number of carbonyl (C=O) groups excluding carboxylic acids is 3. The zero-order chi connectivity index (χ0) is 22.2. The number of likely N-dealkylation sites (tertiary alicyclic amines) is 1. The third kappa shape index (κ3) is 6.77. The summed E-state index contributed by atoms with van der Waals surface area (Å²) in [6, 6.07) is 10.7. The van der Waals surface area contributed by atoms with Gasteiger partial charge in [-0.25, -0.2) is 14.2 Å². The first-order valence-corrected chi connectivity index (χ1v) is 10.2. The number of aryl methyl sites for hydroxylation is 1. The highest BCUT2D eigenvalue weighted by Gasteiger charge is 2.28. The molecule has 0 saturated carbocycles. The van der Waals surface area contributed by atoms with Crippen LogP contribution in [0.4, 0.5) is 15.0 Å². The van der Waals surface area contributed by atoms with E-state index in [1.165, 1.54) is 12.1 Å².